The van der Waals surface area contributed by atoms with Gasteiger partial charge in [-0.25, -0.2) is 4.39 Å². The molecule has 0 heterocycles. The van der Waals surface area contributed by atoms with Gasteiger partial charge in [-0.05, 0) is 50.2 Å². The Kier molecular flexibility index (Phi) is 4.42. The summed E-state index contributed by atoms with van der Waals surface area (Å²) >= 11 is 0. The van der Waals surface area contributed by atoms with Crippen molar-refractivity contribution >= 4 is 11.6 Å². The number of rotatable bonds is 5. The molecule has 0 unspecified atom stereocenters. The molecule has 4 nitrogen and oxygen atoms in total. The number of para-hydroxylation sites is 1. The van der Waals surface area contributed by atoms with E-state index in [1.807, 2.05) is 30.3 Å². The fraction of sp³-hybridized carbons (Fsp3) is 0.188. The Morgan fingerprint density at radius 2 is 1.67 bits per heavy atom. The van der Waals surface area contributed by atoms with Crippen LogP contribution in [-0.4, -0.2) is 11.5 Å². The van der Waals surface area contributed by atoms with Crippen molar-refractivity contribution < 1.29 is 13.9 Å². The third-order valence-corrected chi connectivity index (χ3v) is 2.83. The van der Waals surface area contributed by atoms with Crippen LogP contribution >= 0.6 is 0 Å². The Bertz CT molecular complexity index is 597. The first kappa shape index (κ1) is 14.8. The second-order valence-electron chi connectivity index (χ2n) is 5.01. The molecule has 0 aliphatic rings. The molecular formula is C16H17FN2O2. The van der Waals surface area contributed by atoms with Gasteiger partial charge in [-0.2, -0.15) is 0 Å². The van der Waals surface area contributed by atoms with E-state index in [2.05, 4.69) is 10.9 Å². The predicted molar refractivity (Wildman–Crippen MR) is 79.3 cm³/mol. The third-order valence-electron chi connectivity index (χ3n) is 2.83. The standard InChI is InChI=1S/C16H17FN2O2/c1-16(2,21-14-10-8-12(17)9-11-14)15(20)19-18-13-6-4-3-5-7-13/h3-11,18H,1-2H3,(H,19,20). The minimum absolute atomic E-state index is 0.337. The van der Waals surface area contributed by atoms with Crippen molar-refractivity contribution in [2.45, 2.75) is 19.4 Å². The van der Waals surface area contributed by atoms with Crippen LogP contribution in [0.2, 0.25) is 0 Å². The Labute approximate surface area is 122 Å². The first-order valence-electron chi connectivity index (χ1n) is 6.53. The lowest BCUT2D eigenvalue weighted by Gasteiger charge is -2.25. The van der Waals surface area contributed by atoms with Crippen LogP contribution in [0.1, 0.15) is 13.8 Å². The molecule has 0 aliphatic heterocycles. The van der Waals surface area contributed by atoms with Crippen LogP contribution in [0, 0.1) is 5.82 Å². The average molecular weight is 288 g/mol. The highest BCUT2D eigenvalue weighted by atomic mass is 19.1. The maximum atomic E-state index is 12.8. The number of carbonyl (C=O) groups is 1. The average Bonchev–Trinajstić information content (AvgIpc) is 2.48. The van der Waals surface area contributed by atoms with E-state index < -0.39 is 5.60 Å². The molecule has 0 saturated heterocycles. The monoisotopic (exact) mass is 288 g/mol. The van der Waals surface area contributed by atoms with Gasteiger partial charge < -0.3 is 4.74 Å². The molecule has 5 heteroatoms. The summed E-state index contributed by atoms with van der Waals surface area (Å²) in [6.07, 6.45) is 0. The first-order chi connectivity index (χ1) is 9.97. The molecule has 0 aromatic heterocycles. The summed E-state index contributed by atoms with van der Waals surface area (Å²) in [5.74, 6) is -0.262. The Morgan fingerprint density at radius 1 is 1.05 bits per heavy atom. The minimum atomic E-state index is -1.10. The second kappa shape index (κ2) is 6.26. The summed E-state index contributed by atoms with van der Waals surface area (Å²) in [5.41, 5.74) is 5.06. The molecule has 0 fully saturated rings. The van der Waals surface area contributed by atoms with Crippen molar-refractivity contribution in [3.63, 3.8) is 0 Å². The number of nitrogens with one attached hydrogen (secondary N) is 2. The molecule has 0 radical (unpaired) electrons. The molecular weight excluding hydrogens is 271 g/mol. The van der Waals surface area contributed by atoms with E-state index in [1.54, 1.807) is 13.8 Å². The lowest BCUT2D eigenvalue weighted by molar-refractivity contribution is -0.133. The van der Waals surface area contributed by atoms with Gasteiger partial charge in [-0.1, -0.05) is 18.2 Å². The highest BCUT2D eigenvalue weighted by Crippen LogP contribution is 2.19. The maximum Gasteiger partial charge on any atom is 0.281 e. The van der Waals surface area contributed by atoms with Crippen molar-refractivity contribution in [2.24, 2.45) is 0 Å². The van der Waals surface area contributed by atoms with Gasteiger partial charge in [0.1, 0.15) is 11.6 Å². The van der Waals surface area contributed by atoms with Crippen LogP contribution in [-0.2, 0) is 4.79 Å². The lowest BCUT2D eigenvalue weighted by atomic mass is 10.1. The summed E-state index contributed by atoms with van der Waals surface area (Å²) in [6.45, 7) is 3.27. The van der Waals surface area contributed by atoms with E-state index in [1.165, 1.54) is 24.3 Å². The number of halogens is 1. The minimum Gasteiger partial charge on any atom is -0.478 e. The van der Waals surface area contributed by atoms with Crippen molar-refractivity contribution in [1.82, 2.24) is 5.43 Å². The van der Waals surface area contributed by atoms with Gasteiger partial charge in [0.25, 0.3) is 5.91 Å². The number of anilines is 1. The number of hydrogen-bond donors (Lipinski definition) is 2. The molecule has 2 aromatic rings. The number of carbonyl (C=O) groups excluding carboxylic acids is 1. The number of hydrogen-bond acceptors (Lipinski definition) is 3. The van der Waals surface area contributed by atoms with Crippen LogP contribution < -0.4 is 15.6 Å². The van der Waals surface area contributed by atoms with Crippen molar-refractivity contribution in [3.8, 4) is 5.75 Å². The predicted octanol–water partition coefficient (Wildman–Crippen LogP) is 3.13. The number of benzene rings is 2. The quantitative estimate of drug-likeness (QED) is 0.831. The molecule has 0 bridgehead atoms. The molecule has 2 rings (SSSR count). The van der Waals surface area contributed by atoms with Gasteiger partial charge in [-0.15, -0.1) is 0 Å². The maximum absolute atomic E-state index is 12.8. The molecule has 2 aromatic carbocycles. The van der Waals surface area contributed by atoms with Crippen LogP contribution in [0.5, 0.6) is 5.75 Å². The fourth-order valence-electron chi connectivity index (χ4n) is 1.64. The Hall–Kier alpha value is -2.56. The number of ether oxygens (including phenoxy) is 1. The van der Waals surface area contributed by atoms with Crippen LogP contribution in [0.4, 0.5) is 10.1 Å². The second-order valence-corrected chi connectivity index (χ2v) is 5.01. The molecule has 0 aliphatic carbocycles. The molecule has 110 valence electrons. The van der Waals surface area contributed by atoms with E-state index in [9.17, 15) is 9.18 Å². The zero-order valence-corrected chi connectivity index (χ0v) is 11.9. The Balaban J connectivity index is 1.95. The molecule has 0 saturated carbocycles. The molecule has 0 spiro atoms. The third kappa shape index (κ3) is 4.21. The van der Waals surface area contributed by atoms with Crippen LogP contribution in [0.25, 0.3) is 0 Å². The highest BCUT2D eigenvalue weighted by molar-refractivity contribution is 5.85. The normalized spacial score (nSPS) is 10.8. The summed E-state index contributed by atoms with van der Waals surface area (Å²) in [7, 11) is 0. The smallest absolute Gasteiger partial charge is 0.281 e. The van der Waals surface area contributed by atoms with Gasteiger partial charge in [0.2, 0.25) is 0 Å². The van der Waals surface area contributed by atoms with Gasteiger partial charge in [0.05, 0.1) is 5.69 Å². The number of amides is 1. The largest absolute Gasteiger partial charge is 0.478 e. The number of hydrazine groups is 1. The summed E-state index contributed by atoms with van der Waals surface area (Å²) in [4.78, 5) is 12.1. The van der Waals surface area contributed by atoms with Crippen LogP contribution in [0.15, 0.2) is 54.6 Å². The van der Waals surface area contributed by atoms with E-state index >= 15 is 0 Å². The van der Waals surface area contributed by atoms with E-state index in [-0.39, 0.29) is 11.7 Å². The van der Waals surface area contributed by atoms with Gasteiger partial charge >= 0.3 is 0 Å². The van der Waals surface area contributed by atoms with E-state index in [4.69, 9.17) is 4.74 Å². The van der Waals surface area contributed by atoms with Gasteiger partial charge in [0, 0.05) is 0 Å². The van der Waals surface area contributed by atoms with Crippen molar-refractivity contribution in [3.05, 3.63) is 60.4 Å². The van der Waals surface area contributed by atoms with Gasteiger partial charge in [0.15, 0.2) is 5.60 Å². The van der Waals surface area contributed by atoms with E-state index in [0.29, 0.717) is 5.75 Å². The van der Waals surface area contributed by atoms with E-state index in [0.717, 1.165) is 5.69 Å². The zero-order valence-electron chi connectivity index (χ0n) is 11.9. The summed E-state index contributed by atoms with van der Waals surface area (Å²) in [5, 5.41) is 0. The van der Waals surface area contributed by atoms with Crippen molar-refractivity contribution in [1.29, 1.82) is 0 Å². The zero-order chi connectivity index (χ0) is 15.3. The van der Waals surface area contributed by atoms with Crippen molar-refractivity contribution in [2.75, 3.05) is 5.43 Å². The molecule has 0 atom stereocenters. The highest BCUT2D eigenvalue weighted by Gasteiger charge is 2.30. The topological polar surface area (TPSA) is 50.4 Å². The van der Waals surface area contributed by atoms with Gasteiger partial charge in [-0.3, -0.25) is 15.6 Å². The first-order valence-corrected chi connectivity index (χ1v) is 6.53. The molecule has 2 N–H and O–H groups in total. The summed E-state index contributed by atoms with van der Waals surface area (Å²) < 4.78 is 18.4. The summed E-state index contributed by atoms with van der Waals surface area (Å²) in [6, 6.07) is 14.8. The Morgan fingerprint density at radius 3 is 2.29 bits per heavy atom. The molecule has 21 heavy (non-hydrogen) atoms. The SMILES string of the molecule is CC(C)(Oc1ccc(F)cc1)C(=O)NNc1ccccc1. The molecule has 1 amide bonds. The van der Waals surface area contributed by atoms with Crippen LogP contribution in [0.3, 0.4) is 0 Å². The lowest BCUT2D eigenvalue weighted by Crippen LogP contribution is -2.48. The fourth-order valence-corrected chi connectivity index (χ4v) is 1.64.